The second-order valence-electron chi connectivity index (χ2n) is 3.80. The van der Waals surface area contributed by atoms with Crippen molar-refractivity contribution in [2.75, 3.05) is 26.1 Å². The summed E-state index contributed by atoms with van der Waals surface area (Å²) < 4.78 is 10.5. The van der Waals surface area contributed by atoms with E-state index in [1.165, 1.54) is 0 Å². The summed E-state index contributed by atoms with van der Waals surface area (Å²) in [5.74, 6) is 0.276. The van der Waals surface area contributed by atoms with Crippen LogP contribution in [-0.2, 0) is 4.79 Å². The highest BCUT2D eigenvalue weighted by atomic mass is 16.5. The van der Waals surface area contributed by atoms with Crippen LogP contribution in [0.4, 0.5) is 5.69 Å². The van der Waals surface area contributed by atoms with Crippen LogP contribution in [0, 0.1) is 6.92 Å². The molecule has 0 fully saturated rings. The molecule has 6 heteroatoms. The predicted molar refractivity (Wildman–Crippen MR) is 68.4 cm³/mol. The van der Waals surface area contributed by atoms with Crippen molar-refractivity contribution in [3.63, 3.8) is 0 Å². The predicted octanol–water partition coefficient (Wildman–Crippen LogP) is 0.836. The first kappa shape index (κ1) is 14.1. The minimum absolute atomic E-state index is 0.122. The second kappa shape index (κ2) is 6.11. The lowest BCUT2D eigenvalue weighted by Gasteiger charge is -2.16. The van der Waals surface area contributed by atoms with Gasteiger partial charge in [0.15, 0.2) is 0 Å². The summed E-state index contributed by atoms with van der Waals surface area (Å²) in [5, 5.41) is 11.7. The third-order valence-electron chi connectivity index (χ3n) is 2.61. The van der Waals surface area contributed by atoms with Crippen molar-refractivity contribution in [2.45, 2.75) is 13.0 Å². The molecule has 0 aliphatic rings. The van der Waals surface area contributed by atoms with E-state index in [9.17, 15) is 4.79 Å². The lowest BCUT2D eigenvalue weighted by Crippen LogP contribution is -2.37. The number of ether oxygens (including phenoxy) is 2. The number of hydrogen-bond acceptors (Lipinski definition) is 5. The standard InChI is InChI=1S/C12H18N2O4/c1-7-10(17-2)5-4-9(11(7)18-3)14-6-8(13)12(15)16/h4-5,8,14H,6,13H2,1-3H3,(H,15,16). The van der Waals surface area contributed by atoms with E-state index in [4.69, 9.17) is 20.3 Å². The van der Waals surface area contributed by atoms with Crippen molar-refractivity contribution in [3.8, 4) is 11.5 Å². The van der Waals surface area contributed by atoms with Crippen molar-refractivity contribution >= 4 is 11.7 Å². The van der Waals surface area contributed by atoms with E-state index in [0.29, 0.717) is 17.2 Å². The minimum Gasteiger partial charge on any atom is -0.496 e. The zero-order chi connectivity index (χ0) is 13.7. The van der Waals surface area contributed by atoms with Crippen LogP contribution in [0.15, 0.2) is 12.1 Å². The van der Waals surface area contributed by atoms with Crippen molar-refractivity contribution in [3.05, 3.63) is 17.7 Å². The fourth-order valence-electron chi connectivity index (χ4n) is 1.60. The Bertz CT molecular complexity index is 434. The van der Waals surface area contributed by atoms with E-state index in [1.54, 1.807) is 26.4 Å². The molecular formula is C12H18N2O4. The molecule has 0 radical (unpaired) electrons. The quantitative estimate of drug-likeness (QED) is 0.696. The van der Waals surface area contributed by atoms with Crippen LogP contribution >= 0.6 is 0 Å². The lowest BCUT2D eigenvalue weighted by atomic mass is 10.1. The molecule has 0 saturated carbocycles. The number of anilines is 1. The highest BCUT2D eigenvalue weighted by Crippen LogP contribution is 2.34. The van der Waals surface area contributed by atoms with Gasteiger partial charge in [0.2, 0.25) is 0 Å². The molecule has 6 nitrogen and oxygen atoms in total. The maximum Gasteiger partial charge on any atom is 0.322 e. The van der Waals surface area contributed by atoms with Crippen LogP contribution in [0.2, 0.25) is 0 Å². The molecule has 1 aromatic rings. The molecule has 0 spiro atoms. The van der Waals surface area contributed by atoms with Crippen LogP contribution in [-0.4, -0.2) is 37.9 Å². The summed E-state index contributed by atoms with van der Waals surface area (Å²) in [4.78, 5) is 10.6. The van der Waals surface area contributed by atoms with E-state index in [0.717, 1.165) is 5.56 Å². The maximum atomic E-state index is 10.6. The van der Waals surface area contributed by atoms with Gasteiger partial charge in [0.25, 0.3) is 0 Å². The molecule has 0 bridgehead atoms. The maximum absolute atomic E-state index is 10.6. The Labute approximate surface area is 106 Å². The Morgan fingerprint density at radius 1 is 1.44 bits per heavy atom. The molecule has 0 aliphatic heterocycles. The number of carboxylic acids is 1. The van der Waals surface area contributed by atoms with Gasteiger partial charge in [-0.2, -0.15) is 0 Å². The summed E-state index contributed by atoms with van der Waals surface area (Å²) >= 11 is 0. The third kappa shape index (κ3) is 3.04. The molecule has 0 amide bonds. The van der Waals surface area contributed by atoms with Crippen molar-refractivity contribution in [2.24, 2.45) is 5.73 Å². The van der Waals surface area contributed by atoms with Gasteiger partial charge in [-0.1, -0.05) is 0 Å². The molecule has 1 unspecified atom stereocenters. The van der Waals surface area contributed by atoms with Crippen LogP contribution in [0.25, 0.3) is 0 Å². The molecule has 1 aromatic carbocycles. The van der Waals surface area contributed by atoms with E-state index < -0.39 is 12.0 Å². The van der Waals surface area contributed by atoms with Gasteiger partial charge in [0.1, 0.15) is 17.5 Å². The molecule has 0 aliphatic carbocycles. The molecule has 100 valence electrons. The largest absolute Gasteiger partial charge is 0.496 e. The number of nitrogens with two attached hydrogens (primary N) is 1. The fourth-order valence-corrected chi connectivity index (χ4v) is 1.60. The Morgan fingerprint density at radius 2 is 2.11 bits per heavy atom. The van der Waals surface area contributed by atoms with Crippen LogP contribution in [0.5, 0.6) is 11.5 Å². The summed E-state index contributed by atoms with van der Waals surface area (Å²) in [6.07, 6.45) is 0. The van der Waals surface area contributed by atoms with Gasteiger partial charge in [-0.05, 0) is 19.1 Å². The van der Waals surface area contributed by atoms with Gasteiger partial charge < -0.3 is 25.6 Å². The Balaban J connectivity index is 2.89. The highest BCUT2D eigenvalue weighted by Gasteiger charge is 2.14. The Hall–Kier alpha value is -1.95. The topological polar surface area (TPSA) is 93.8 Å². The van der Waals surface area contributed by atoms with Gasteiger partial charge in [-0.3, -0.25) is 4.79 Å². The van der Waals surface area contributed by atoms with Gasteiger partial charge in [-0.15, -0.1) is 0 Å². The normalized spacial score (nSPS) is 11.8. The van der Waals surface area contributed by atoms with Gasteiger partial charge in [0, 0.05) is 12.1 Å². The number of aliphatic carboxylic acids is 1. The first-order valence-electron chi connectivity index (χ1n) is 5.45. The molecule has 1 atom stereocenters. The molecule has 0 heterocycles. The average Bonchev–Trinajstić information content (AvgIpc) is 2.35. The molecule has 1 rings (SSSR count). The molecule has 0 aromatic heterocycles. The number of carboxylic acid groups (broad SMARTS) is 1. The van der Waals surface area contributed by atoms with Crippen LogP contribution in [0.3, 0.4) is 0 Å². The Kier molecular flexibility index (Phi) is 4.79. The van der Waals surface area contributed by atoms with E-state index >= 15 is 0 Å². The smallest absolute Gasteiger partial charge is 0.322 e. The summed E-state index contributed by atoms with van der Waals surface area (Å²) in [5.41, 5.74) is 6.95. The Morgan fingerprint density at radius 3 is 2.61 bits per heavy atom. The number of rotatable bonds is 6. The first-order valence-corrected chi connectivity index (χ1v) is 5.45. The minimum atomic E-state index is -1.05. The van der Waals surface area contributed by atoms with Crippen molar-refractivity contribution in [1.82, 2.24) is 0 Å². The number of hydrogen-bond donors (Lipinski definition) is 3. The number of carbonyl (C=O) groups is 1. The highest BCUT2D eigenvalue weighted by molar-refractivity contribution is 5.74. The van der Waals surface area contributed by atoms with E-state index in [1.807, 2.05) is 6.92 Å². The second-order valence-corrected chi connectivity index (χ2v) is 3.80. The van der Waals surface area contributed by atoms with Gasteiger partial charge in [0.05, 0.1) is 19.9 Å². The molecular weight excluding hydrogens is 236 g/mol. The average molecular weight is 254 g/mol. The van der Waals surface area contributed by atoms with Crippen LogP contribution < -0.4 is 20.5 Å². The van der Waals surface area contributed by atoms with E-state index in [2.05, 4.69) is 5.32 Å². The summed E-state index contributed by atoms with van der Waals surface area (Å²) in [6, 6.07) is 2.59. The molecule has 4 N–H and O–H groups in total. The van der Waals surface area contributed by atoms with Crippen molar-refractivity contribution in [1.29, 1.82) is 0 Å². The first-order chi connectivity index (χ1) is 8.51. The van der Waals surface area contributed by atoms with Crippen LogP contribution in [0.1, 0.15) is 5.56 Å². The zero-order valence-electron chi connectivity index (χ0n) is 10.7. The van der Waals surface area contributed by atoms with Gasteiger partial charge >= 0.3 is 5.97 Å². The molecule has 18 heavy (non-hydrogen) atoms. The molecule has 0 saturated heterocycles. The summed E-state index contributed by atoms with van der Waals surface area (Å²) in [7, 11) is 3.12. The van der Waals surface area contributed by atoms with E-state index in [-0.39, 0.29) is 6.54 Å². The summed E-state index contributed by atoms with van der Waals surface area (Å²) in [6.45, 7) is 1.98. The SMILES string of the molecule is COc1ccc(NCC(N)C(=O)O)c(OC)c1C. The van der Waals surface area contributed by atoms with Gasteiger partial charge in [-0.25, -0.2) is 0 Å². The zero-order valence-corrected chi connectivity index (χ0v) is 10.7. The number of benzene rings is 1. The lowest BCUT2D eigenvalue weighted by molar-refractivity contribution is -0.138. The third-order valence-corrected chi connectivity index (χ3v) is 2.61. The fraction of sp³-hybridized carbons (Fsp3) is 0.417. The number of methoxy groups -OCH3 is 2. The monoisotopic (exact) mass is 254 g/mol. The number of nitrogens with one attached hydrogen (secondary N) is 1. The van der Waals surface area contributed by atoms with Crippen molar-refractivity contribution < 1.29 is 19.4 Å².